The van der Waals surface area contributed by atoms with Crippen molar-refractivity contribution in [1.82, 2.24) is 4.90 Å². The number of nitrogens with zero attached hydrogens (tertiary/aromatic N) is 2. The van der Waals surface area contributed by atoms with Gasteiger partial charge in [-0.05, 0) is 29.5 Å². The number of benzene rings is 3. The lowest BCUT2D eigenvalue weighted by atomic mass is 9.94. The summed E-state index contributed by atoms with van der Waals surface area (Å²) in [5, 5.41) is 10.5. The predicted molar refractivity (Wildman–Crippen MR) is 124 cm³/mol. The molecule has 0 spiro atoms. The van der Waals surface area contributed by atoms with Crippen molar-refractivity contribution in [2.24, 2.45) is 4.99 Å². The SMILES string of the molecule is CCCC1N=C(c2ccccc2)[C@@H](Cc2ccccc2)N1[C@@H](CO)c1ccccc1. The first-order valence-corrected chi connectivity index (χ1v) is 10.9. The third-order valence-electron chi connectivity index (χ3n) is 5.91. The Kier molecular flexibility index (Phi) is 6.73. The molecule has 3 atom stereocenters. The molecule has 1 aliphatic heterocycles. The zero-order valence-electron chi connectivity index (χ0n) is 17.6. The van der Waals surface area contributed by atoms with Crippen molar-refractivity contribution in [3.63, 3.8) is 0 Å². The molecule has 0 fully saturated rings. The summed E-state index contributed by atoms with van der Waals surface area (Å²) in [5.74, 6) is 0. The van der Waals surface area contributed by atoms with Crippen LogP contribution in [0.25, 0.3) is 0 Å². The van der Waals surface area contributed by atoms with Crippen LogP contribution in [0.3, 0.4) is 0 Å². The van der Waals surface area contributed by atoms with E-state index in [0.717, 1.165) is 30.5 Å². The van der Waals surface area contributed by atoms with Crippen LogP contribution in [0.5, 0.6) is 0 Å². The third kappa shape index (κ3) is 4.38. The highest BCUT2D eigenvalue weighted by molar-refractivity contribution is 6.05. The highest BCUT2D eigenvalue weighted by atomic mass is 16.3. The molecular weight excluding hydrogens is 368 g/mol. The van der Waals surface area contributed by atoms with Gasteiger partial charge in [0.25, 0.3) is 0 Å². The third-order valence-corrected chi connectivity index (χ3v) is 5.91. The van der Waals surface area contributed by atoms with Crippen molar-refractivity contribution in [3.05, 3.63) is 108 Å². The van der Waals surface area contributed by atoms with E-state index in [9.17, 15) is 5.11 Å². The van der Waals surface area contributed by atoms with Crippen molar-refractivity contribution < 1.29 is 5.11 Å². The number of hydrogen-bond donors (Lipinski definition) is 1. The minimum Gasteiger partial charge on any atom is -0.394 e. The van der Waals surface area contributed by atoms with E-state index in [-0.39, 0.29) is 24.9 Å². The van der Waals surface area contributed by atoms with Crippen molar-refractivity contribution >= 4 is 5.71 Å². The van der Waals surface area contributed by atoms with Crippen molar-refractivity contribution in [2.45, 2.75) is 44.4 Å². The maximum atomic E-state index is 10.5. The molecule has 0 saturated carbocycles. The molecule has 0 bridgehead atoms. The van der Waals surface area contributed by atoms with Gasteiger partial charge in [-0.15, -0.1) is 0 Å². The second-order valence-corrected chi connectivity index (χ2v) is 7.91. The topological polar surface area (TPSA) is 35.8 Å². The Morgan fingerprint density at radius 1 is 0.867 bits per heavy atom. The van der Waals surface area contributed by atoms with Gasteiger partial charge in [-0.2, -0.15) is 0 Å². The number of aliphatic hydroxyl groups is 1. The van der Waals surface area contributed by atoms with E-state index in [0.29, 0.717) is 0 Å². The number of aliphatic imine (C=N–C) groups is 1. The summed E-state index contributed by atoms with van der Waals surface area (Å²) in [6.45, 7) is 2.28. The minimum atomic E-state index is -0.0820. The van der Waals surface area contributed by atoms with E-state index in [1.54, 1.807) is 0 Å². The molecule has 1 N–H and O–H groups in total. The smallest absolute Gasteiger partial charge is 0.103 e. The van der Waals surface area contributed by atoms with Gasteiger partial charge in [0.2, 0.25) is 0 Å². The molecule has 0 saturated heterocycles. The maximum Gasteiger partial charge on any atom is 0.103 e. The monoisotopic (exact) mass is 398 g/mol. The quantitative estimate of drug-likeness (QED) is 0.562. The van der Waals surface area contributed by atoms with E-state index in [1.807, 2.05) is 24.3 Å². The maximum absolute atomic E-state index is 10.5. The van der Waals surface area contributed by atoms with E-state index < -0.39 is 0 Å². The highest BCUT2D eigenvalue weighted by Crippen LogP contribution is 2.35. The summed E-state index contributed by atoms with van der Waals surface area (Å²) in [6, 6.07) is 31.5. The van der Waals surface area contributed by atoms with Crippen molar-refractivity contribution in [1.29, 1.82) is 0 Å². The summed E-state index contributed by atoms with van der Waals surface area (Å²) in [6.07, 6.45) is 2.97. The standard InChI is InChI=1S/C27H30N2O/c1-2-12-26-28-27(23-17-10-5-11-18-23)24(19-21-13-6-3-7-14-21)29(26)25(20-30)22-15-8-4-9-16-22/h3-11,13-18,24-26,30H,2,12,19-20H2,1H3/t24-,25+,26?/m1/s1. The Morgan fingerprint density at radius 2 is 1.47 bits per heavy atom. The van der Waals surface area contributed by atoms with Crippen LogP contribution < -0.4 is 0 Å². The first-order chi connectivity index (χ1) is 14.8. The number of aliphatic hydroxyl groups excluding tert-OH is 1. The van der Waals surface area contributed by atoms with Gasteiger partial charge < -0.3 is 5.11 Å². The molecule has 4 rings (SSSR count). The van der Waals surface area contributed by atoms with Gasteiger partial charge in [0.05, 0.1) is 24.4 Å². The van der Waals surface area contributed by atoms with Crippen molar-refractivity contribution in [3.8, 4) is 0 Å². The predicted octanol–water partition coefficient (Wildman–Crippen LogP) is 5.26. The largest absolute Gasteiger partial charge is 0.394 e. The molecule has 1 heterocycles. The molecule has 3 nitrogen and oxygen atoms in total. The first-order valence-electron chi connectivity index (χ1n) is 10.9. The van der Waals surface area contributed by atoms with Crippen LogP contribution in [0.2, 0.25) is 0 Å². The van der Waals surface area contributed by atoms with E-state index in [1.165, 1.54) is 11.1 Å². The van der Waals surface area contributed by atoms with Crippen LogP contribution in [-0.4, -0.2) is 34.5 Å². The summed E-state index contributed by atoms with van der Waals surface area (Å²) in [5.41, 5.74) is 4.74. The van der Waals surface area contributed by atoms with Crippen LogP contribution >= 0.6 is 0 Å². The van der Waals surface area contributed by atoms with Crippen LogP contribution in [0.1, 0.15) is 42.5 Å². The first kappa shape index (κ1) is 20.5. The Hall–Kier alpha value is -2.75. The van der Waals surface area contributed by atoms with Gasteiger partial charge in [-0.3, -0.25) is 9.89 Å². The fourth-order valence-electron chi connectivity index (χ4n) is 4.52. The molecule has 3 heteroatoms. The van der Waals surface area contributed by atoms with E-state index >= 15 is 0 Å². The lowest BCUT2D eigenvalue weighted by Crippen LogP contribution is -2.45. The van der Waals surface area contributed by atoms with Crippen molar-refractivity contribution in [2.75, 3.05) is 6.61 Å². The molecule has 30 heavy (non-hydrogen) atoms. The lowest BCUT2D eigenvalue weighted by molar-refractivity contribution is 0.0759. The molecule has 1 aliphatic rings. The number of rotatable bonds is 8. The summed E-state index contributed by atoms with van der Waals surface area (Å²) < 4.78 is 0. The van der Waals surface area contributed by atoms with Gasteiger partial charge in [0, 0.05) is 0 Å². The van der Waals surface area contributed by atoms with Crippen LogP contribution in [-0.2, 0) is 6.42 Å². The molecule has 154 valence electrons. The van der Waals surface area contributed by atoms with Gasteiger partial charge in [-0.25, -0.2) is 0 Å². The van der Waals surface area contributed by atoms with Gasteiger partial charge in [-0.1, -0.05) is 104 Å². The normalized spacial score (nSPS) is 20.1. The minimum absolute atomic E-state index is 0.0660. The number of hydrogen-bond acceptors (Lipinski definition) is 3. The molecule has 0 aliphatic carbocycles. The van der Waals surface area contributed by atoms with Crippen LogP contribution in [0.4, 0.5) is 0 Å². The van der Waals surface area contributed by atoms with Gasteiger partial charge in [0.1, 0.15) is 6.17 Å². The molecular formula is C27H30N2O. The zero-order valence-corrected chi connectivity index (χ0v) is 17.6. The average molecular weight is 399 g/mol. The average Bonchev–Trinajstić information content (AvgIpc) is 3.14. The Morgan fingerprint density at radius 3 is 2.07 bits per heavy atom. The van der Waals surface area contributed by atoms with E-state index in [4.69, 9.17) is 4.99 Å². The summed E-state index contributed by atoms with van der Waals surface area (Å²) in [4.78, 5) is 7.69. The molecule has 3 aromatic rings. The zero-order chi connectivity index (χ0) is 20.8. The summed E-state index contributed by atoms with van der Waals surface area (Å²) >= 11 is 0. The van der Waals surface area contributed by atoms with Crippen LogP contribution in [0.15, 0.2) is 96.0 Å². The molecule has 0 radical (unpaired) electrons. The lowest BCUT2D eigenvalue weighted by Gasteiger charge is -2.36. The van der Waals surface area contributed by atoms with Crippen LogP contribution in [0, 0.1) is 0 Å². The molecule has 0 amide bonds. The molecule has 1 unspecified atom stereocenters. The Bertz CT molecular complexity index is 940. The Balaban J connectivity index is 1.77. The fourth-order valence-corrected chi connectivity index (χ4v) is 4.52. The van der Waals surface area contributed by atoms with Gasteiger partial charge in [0.15, 0.2) is 0 Å². The molecule has 0 aromatic heterocycles. The highest BCUT2D eigenvalue weighted by Gasteiger charge is 2.40. The van der Waals surface area contributed by atoms with Gasteiger partial charge >= 0.3 is 0 Å². The second-order valence-electron chi connectivity index (χ2n) is 7.91. The Labute approximate surface area is 179 Å². The summed E-state index contributed by atoms with van der Waals surface area (Å²) in [7, 11) is 0. The fraction of sp³-hybridized carbons (Fsp3) is 0.296. The van der Waals surface area contributed by atoms with E-state index in [2.05, 4.69) is 78.6 Å². The molecule has 3 aromatic carbocycles. The second kappa shape index (κ2) is 9.84.